The second-order valence-corrected chi connectivity index (χ2v) is 8.94. The van der Waals surface area contributed by atoms with E-state index in [1.165, 1.54) is 30.4 Å². The van der Waals surface area contributed by atoms with E-state index in [1.54, 1.807) is 0 Å². The molecule has 0 radical (unpaired) electrons. The lowest BCUT2D eigenvalue weighted by atomic mass is 9.96. The zero-order chi connectivity index (χ0) is 18.3. The molecule has 1 fully saturated rings. The van der Waals surface area contributed by atoms with Gasteiger partial charge in [-0.15, -0.1) is 23.5 Å². The van der Waals surface area contributed by atoms with Crippen molar-refractivity contribution in [2.45, 2.75) is 43.2 Å². The van der Waals surface area contributed by atoms with Gasteiger partial charge in [-0.1, -0.05) is 25.5 Å². The van der Waals surface area contributed by atoms with Crippen LogP contribution in [0.1, 0.15) is 43.3 Å². The molecule has 7 heteroatoms. The minimum absolute atomic E-state index is 0.196. The van der Waals surface area contributed by atoms with Crippen molar-refractivity contribution < 1.29 is 19.4 Å². The van der Waals surface area contributed by atoms with Crippen molar-refractivity contribution in [1.29, 1.82) is 0 Å². The third kappa shape index (κ3) is 5.85. The number of aliphatic carboxylic acids is 1. The van der Waals surface area contributed by atoms with Gasteiger partial charge in [0.2, 0.25) is 0 Å². The molecule has 0 saturated carbocycles. The van der Waals surface area contributed by atoms with E-state index in [-0.39, 0.29) is 6.61 Å². The van der Waals surface area contributed by atoms with Gasteiger partial charge in [-0.3, -0.25) is 4.79 Å². The molecule has 5 nitrogen and oxygen atoms in total. The van der Waals surface area contributed by atoms with E-state index in [2.05, 4.69) is 5.32 Å². The molecule has 0 aliphatic carbocycles. The van der Waals surface area contributed by atoms with Crippen LogP contribution in [0.15, 0.2) is 24.3 Å². The van der Waals surface area contributed by atoms with Gasteiger partial charge in [-0.05, 0) is 49.0 Å². The van der Waals surface area contributed by atoms with Crippen LogP contribution in [0.2, 0.25) is 0 Å². The number of hydrogen-bond acceptors (Lipinski definition) is 5. The number of rotatable bonds is 8. The van der Waals surface area contributed by atoms with E-state index in [0.29, 0.717) is 23.2 Å². The molecule has 25 heavy (non-hydrogen) atoms. The molecule has 1 amide bonds. The minimum Gasteiger partial charge on any atom is -0.484 e. The molecule has 1 aliphatic heterocycles. The summed E-state index contributed by atoms with van der Waals surface area (Å²) in [6, 6.07) is 7.78. The molecule has 1 heterocycles. The van der Waals surface area contributed by atoms with E-state index in [1.807, 2.05) is 54.7 Å². The number of thioether (sulfide) groups is 2. The van der Waals surface area contributed by atoms with E-state index in [0.717, 1.165) is 0 Å². The van der Waals surface area contributed by atoms with Gasteiger partial charge in [0.15, 0.2) is 6.61 Å². The molecule has 1 atom stereocenters. The Bertz CT molecular complexity index is 587. The summed E-state index contributed by atoms with van der Waals surface area (Å²) in [6.07, 6.45) is 2.30. The molecule has 0 bridgehead atoms. The van der Waals surface area contributed by atoms with Crippen molar-refractivity contribution >= 4 is 35.4 Å². The van der Waals surface area contributed by atoms with Crippen LogP contribution in [0, 0.1) is 0 Å². The van der Waals surface area contributed by atoms with E-state index >= 15 is 0 Å². The fraction of sp³-hybridized carbons (Fsp3) is 0.556. The number of nitrogens with one attached hydrogen (secondary N) is 1. The Morgan fingerprint density at radius 1 is 1.28 bits per heavy atom. The monoisotopic (exact) mass is 383 g/mol. The first-order chi connectivity index (χ1) is 11.9. The van der Waals surface area contributed by atoms with Crippen LogP contribution in [0.25, 0.3) is 0 Å². The average molecular weight is 384 g/mol. The summed E-state index contributed by atoms with van der Waals surface area (Å²) >= 11 is 3.91. The summed E-state index contributed by atoms with van der Waals surface area (Å²) in [7, 11) is 0. The summed E-state index contributed by atoms with van der Waals surface area (Å²) < 4.78 is 5.96. The number of carbonyl (C=O) groups is 2. The first-order valence-corrected chi connectivity index (χ1v) is 10.5. The normalized spacial score (nSPS) is 17.5. The maximum absolute atomic E-state index is 12.0. The smallest absolute Gasteiger partial charge is 0.329 e. The number of carboxylic acid groups (broad SMARTS) is 1. The lowest BCUT2D eigenvalue weighted by Crippen LogP contribution is -2.53. The quantitative estimate of drug-likeness (QED) is 0.713. The number of carbonyl (C=O) groups excluding carboxylic acids is 1. The predicted octanol–water partition coefficient (Wildman–Crippen LogP) is 3.69. The van der Waals surface area contributed by atoms with Gasteiger partial charge in [-0.2, -0.15) is 0 Å². The molecule has 2 rings (SSSR count). The summed E-state index contributed by atoms with van der Waals surface area (Å²) in [5, 5.41) is 11.8. The molecular formula is C18H25NO4S2. The van der Waals surface area contributed by atoms with Crippen molar-refractivity contribution in [3.05, 3.63) is 29.8 Å². The van der Waals surface area contributed by atoms with Crippen LogP contribution in [0.4, 0.5) is 0 Å². The van der Waals surface area contributed by atoms with E-state index in [4.69, 9.17) is 4.74 Å². The molecule has 1 unspecified atom stereocenters. The third-order valence-corrected chi connectivity index (χ3v) is 7.00. The molecule has 2 N–H and O–H groups in total. The summed E-state index contributed by atoms with van der Waals surface area (Å²) in [6.45, 7) is 3.21. The molecular weight excluding hydrogens is 358 g/mol. The van der Waals surface area contributed by atoms with Crippen LogP contribution in [0.3, 0.4) is 0 Å². The SMILES string of the molecule is CCCC(C)(NC(=O)COc1ccc(C2SCCCS2)cc1)C(=O)O. The fourth-order valence-electron chi connectivity index (χ4n) is 2.62. The summed E-state index contributed by atoms with van der Waals surface area (Å²) in [4.78, 5) is 23.4. The van der Waals surface area contributed by atoms with Gasteiger partial charge in [0.05, 0.1) is 4.58 Å². The lowest BCUT2D eigenvalue weighted by molar-refractivity contribution is -0.147. The predicted molar refractivity (Wildman–Crippen MR) is 103 cm³/mol. The van der Waals surface area contributed by atoms with Gasteiger partial charge in [0.1, 0.15) is 11.3 Å². The molecule has 138 valence electrons. The van der Waals surface area contributed by atoms with Gasteiger partial charge in [0.25, 0.3) is 5.91 Å². The van der Waals surface area contributed by atoms with Gasteiger partial charge in [0, 0.05) is 0 Å². The first-order valence-electron chi connectivity index (χ1n) is 8.45. The van der Waals surface area contributed by atoms with Crippen LogP contribution in [0.5, 0.6) is 5.75 Å². The molecule has 1 aliphatic rings. The lowest BCUT2D eigenvalue weighted by Gasteiger charge is -2.25. The van der Waals surface area contributed by atoms with Crippen molar-refractivity contribution in [2.75, 3.05) is 18.1 Å². The second kappa shape index (κ2) is 9.38. The van der Waals surface area contributed by atoms with Crippen molar-refractivity contribution in [1.82, 2.24) is 5.32 Å². The Balaban J connectivity index is 1.85. The minimum atomic E-state index is -1.26. The highest BCUT2D eigenvalue weighted by atomic mass is 32.2. The average Bonchev–Trinajstić information content (AvgIpc) is 2.61. The van der Waals surface area contributed by atoms with Crippen molar-refractivity contribution in [3.63, 3.8) is 0 Å². The van der Waals surface area contributed by atoms with E-state index in [9.17, 15) is 14.7 Å². The van der Waals surface area contributed by atoms with Gasteiger partial charge in [-0.25, -0.2) is 4.79 Å². The summed E-state index contributed by atoms with van der Waals surface area (Å²) in [5.41, 5.74) is 0.00184. The Labute approximate surface area is 157 Å². The molecule has 1 aromatic carbocycles. The first kappa shape index (κ1) is 20.0. The Morgan fingerprint density at radius 3 is 2.48 bits per heavy atom. The number of ether oxygens (including phenoxy) is 1. The Kier molecular flexibility index (Phi) is 7.50. The van der Waals surface area contributed by atoms with Crippen molar-refractivity contribution in [3.8, 4) is 5.75 Å². The van der Waals surface area contributed by atoms with Crippen LogP contribution < -0.4 is 10.1 Å². The van der Waals surface area contributed by atoms with Gasteiger partial charge < -0.3 is 15.2 Å². The fourth-order valence-corrected chi connectivity index (χ4v) is 5.51. The highest BCUT2D eigenvalue weighted by Crippen LogP contribution is 2.43. The standard InChI is InChI=1S/C18H25NO4S2/c1-3-9-18(2,17(21)22)19-15(20)12-23-14-7-5-13(6-8-14)16-24-10-4-11-25-16/h5-8,16H,3-4,9-12H2,1-2H3,(H,19,20)(H,21,22). The maximum Gasteiger partial charge on any atom is 0.329 e. The zero-order valence-electron chi connectivity index (χ0n) is 14.6. The largest absolute Gasteiger partial charge is 0.484 e. The summed E-state index contributed by atoms with van der Waals surface area (Å²) in [5.74, 6) is 1.53. The maximum atomic E-state index is 12.0. The Morgan fingerprint density at radius 2 is 1.92 bits per heavy atom. The number of amides is 1. The molecule has 1 saturated heterocycles. The number of hydrogen-bond donors (Lipinski definition) is 2. The third-order valence-electron chi connectivity index (χ3n) is 3.99. The number of carboxylic acids is 1. The number of benzene rings is 1. The zero-order valence-corrected chi connectivity index (χ0v) is 16.3. The highest BCUT2D eigenvalue weighted by molar-refractivity contribution is 8.16. The second-order valence-electron chi connectivity index (χ2n) is 6.22. The highest BCUT2D eigenvalue weighted by Gasteiger charge is 2.33. The molecule has 1 aromatic rings. The molecule has 0 aromatic heterocycles. The van der Waals surface area contributed by atoms with Crippen molar-refractivity contribution in [2.24, 2.45) is 0 Å². The Hall–Kier alpha value is -1.34. The topological polar surface area (TPSA) is 75.6 Å². The van der Waals surface area contributed by atoms with Crippen LogP contribution >= 0.6 is 23.5 Å². The van der Waals surface area contributed by atoms with Crippen LogP contribution in [-0.4, -0.2) is 40.6 Å². The van der Waals surface area contributed by atoms with E-state index < -0.39 is 17.4 Å². The molecule has 0 spiro atoms. The van der Waals surface area contributed by atoms with Crippen LogP contribution in [-0.2, 0) is 9.59 Å². The van der Waals surface area contributed by atoms with Gasteiger partial charge >= 0.3 is 5.97 Å².